The van der Waals surface area contributed by atoms with E-state index >= 15 is 0 Å². The van der Waals surface area contributed by atoms with Gasteiger partial charge >= 0.3 is 0 Å². The molecule has 0 unspecified atom stereocenters. The minimum absolute atomic E-state index is 0.805. The molecule has 0 aliphatic carbocycles. The van der Waals surface area contributed by atoms with Crippen LogP contribution in [0.2, 0.25) is 0 Å². The van der Waals surface area contributed by atoms with E-state index in [-0.39, 0.29) is 0 Å². The van der Waals surface area contributed by atoms with Gasteiger partial charge in [0, 0.05) is 18.9 Å². The predicted molar refractivity (Wildman–Crippen MR) is 66.5 cm³/mol. The van der Waals surface area contributed by atoms with Crippen LogP contribution in [0.4, 0.5) is 5.69 Å². The van der Waals surface area contributed by atoms with Gasteiger partial charge < -0.3 is 5.32 Å². The summed E-state index contributed by atoms with van der Waals surface area (Å²) in [7, 11) is 1.96. The zero-order chi connectivity index (χ0) is 11.5. The Labute approximate surface area is 96.1 Å². The third-order valence-corrected chi connectivity index (χ3v) is 2.62. The van der Waals surface area contributed by atoms with Gasteiger partial charge in [-0.1, -0.05) is 6.07 Å². The minimum Gasteiger partial charge on any atom is -0.379 e. The Kier molecular flexibility index (Phi) is 2.95. The number of benzene rings is 1. The van der Waals surface area contributed by atoms with Crippen LogP contribution in [0.5, 0.6) is 0 Å². The van der Waals surface area contributed by atoms with Gasteiger partial charge in [-0.05, 0) is 43.2 Å². The molecular formula is C13H17N3. The van der Waals surface area contributed by atoms with E-state index in [0.29, 0.717) is 0 Å². The first-order valence-electron chi connectivity index (χ1n) is 5.44. The lowest BCUT2D eigenvalue weighted by atomic mass is 10.1. The van der Waals surface area contributed by atoms with Crippen LogP contribution in [0.25, 0.3) is 0 Å². The first-order chi connectivity index (χ1) is 7.65. The standard InChI is InChI=1S/C13H17N3/c1-10-6-11(2)8-12(7-10)14-9-13-4-5-15-16(13)3/h4-8,14H,9H2,1-3H3. The molecule has 0 bridgehead atoms. The number of anilines is 1. The van der Waals surface area contributed by atoms with E-state index in [9.17, 15) is 0 Å². The van der Waals surface area contributed by atoms with Crippen molar-refractivity contribution in [2.24, 2.45) is 7.05 Å². The smallest absolute Gasteiger partial charge is 0.0571 e. The molecule has 1 heterocycles. The van der Waals surface area contributed by atoms with Gasteiger partial charge in [-0.25, -0.2) is 0 Å². The van der Waals surface area contributed by atoms with Crippen molar-refractivity contribution in [1.29, 1.82) is 0 Å². The average Bonchev–Trinajstić information content (AvgIpc) is 2.59. The van der Waals surface area contributed by atoms with Gasteiger partial charge in [0.1, 0.15) is 0 Å². The van der Waals surface area contributed by atoms with Crippen molar-refractivity contribution >= 4 is 5.69 Å². The lowest BCUT2D eigenvalue weighted by Gasteiger charge is -2.08. The van der Waals surface area contributed by atoms with E-state index in [4.69, 9.17) is 0 Å². The van der Waals surface area contributed by atoms with Crippen LogP contribution in [-0.2, 0) is 13.6 Å². The summed E-state index contributed by atoms with van der Waals surface area (Å²) in [5.41, 5.74) is 4.91. The van der Waals surface area contributed by atoms with E-state index in [0.717, 1.165) is 6.54 Å². The van der Waals surface area contributed by atoms with Crippen LogP contribution in [0.15, 0.2) is 30.5 Å². The molecule has 0 saturated carbocycles. The van der Waals surface area contributed by atoms with Crippen LogP contribution in [0.3, 0.4) is 0 Å². The van der Waals surface area contributed by atoms with Crippen molar-refractivity contribution in [3.05, 3.63) is 47.3 Å². The number of rotatable bonds is 3. The largest absolute Gasteiger partial charge is 0.379 e. The van der Waals surface area contributed by atoms with Gasteiger partial charge in [0.05, 0.1) is 12.2 Å². The summed E-state index contributed by atoms with van der Waals surface area (Å²) in [6.45, 7) is 5.03. The van der Waals surface area contributed by atoms with Gasteiger partial charge in [-0.15, -0.1) is 0 Å². The highest BCUT2D eigenvalue weighted by molar-refractivity contribution is 5.48. The second-order valence-electron chi connectivity index (χ2n) is 4.18. The van der Waals surface area contributed by atoms with Gasteiger partial charge in [-0.3, -0.25) is 4.68 Å². The SMILES string of the molecule is Cc1cc(C)cc(NCc2ccnn2C)c1. The molecule has 1 N–H and O–H groups in total. The predicted octanol–water partition coefficient (Wildman–Crippen LogP) is 2.65. The molecule has 0 fully saturated rings. The Bertz CT molecular complexity index is 465. The molecule has 3 heteroatoms. The molecule has 0 aliphatic rings. The molecule has 0 atom stereocenters. The second kappa shape index (κ2) is 4.39. The van der Waals surface area contributed by atoms with Gasteiger partial charge in [0.15, 0.2) is 0 Å². The van der Waals surface area contributed by atoms with E-state index in [1.807, 2.05) is 24.0 Å². The Balaban J connectivity index is 2.07. The fourth-order valence-corrected chi connectivity index (χ4v) is 1.84. The number of nitrogens with zero attached hydrogens (tertiary/aromatic N) is 2. The van der Waals surface area contributed by atoms with Crippen molar-refractivity contribution in [2.75, 3.05) is 5.32 Å². The topological polar surface area (TPSA) is 29.9 Å². The molecule has 0 spiro atoms. The molecule has 2 rings (SSSR count). The van der Waals surface area contributed by atoms with Crippen molar-refractivity contribution in [3.63, 3.8) is 0 Å². The molecule has 3 nitrogen and oxygen atoms in total. The Morgan fingerprint density at radius 2 is 1.88 bits per heavy atom. The van der Waals surface area contributed by atoms with Crippen molar-refractivity contribution < 1.29 is 0 Å². The van der Waals surface area contributed by atoms with Crippen LogP contribution in [0, 0.1) is 13.8 Å². The fourth-order valence-electron chi connectivity index (χ4n) is 1.84. The molecule has 84 valence electrons. The highest BCUT2D eigenvalue weighted by Crippen LogP contribution is 2.14. The lowest BCUT2D eigenvalue weighted by molar-refractivity contribution is 0.720. The summed E-state index contributed by atoms with van der Waals surface area (Å²) in [6, 6.07) is 8.51. The van der Waals surface area contributed by atoms with Crippen LogP contribution < -0.4 is 5.32 Å². The first kappa shape index (κ1) is 10.7. The summed E-state index contributed by atoms with van der Waals surface area (Å²) in [6.07, 6.45) is 1.82. The van der Waals surface area contributed by atoms with Gasteiger partial charge in [0.2, 0.25) is 0 Å². The van der Waals surface area contributed by atoms with Gasteiger partial charge in [-0.2, -0.15) is 5.10 Å². The van der Waals surface area contributed by atoms with E-state index in [1.54, 1.807) is 0 Å². The monoisotopic (exact) mass is 215 g/mol. The third-order valence-electron chi connectivity index (χ3n) is 2.62. The maximum absolute atomic E-state index is 4.14. The van der Waals surface area contributed by atoms with Crippen molar-refractivity contribution in [2.45, 2.75) is 20.4 Å². The third kappa shape index (κ3) is 2.42. The van der Waals surface area contributed by atoms with Crippen molar-refractivity contribution in [3.8, 4) is 0 Å². The maximum Gasteiger partial charge on any atom is 0.0571 e. The molecular weight excluding hydrogens is 198 g/mol. The van der Waals surface area contributed by atoms with Crippen molar-refractivity contribution in [1.82, 2.24) is 9.78 Å². The normalized spacial score (nSPS) is 10.4. The Morgan fingerprint density at radius 1 is 1.19 bits per heavy atom. The van der Waals surface area contributed by atoms with E-state index in [2.05, 4.69) is 42.5 Å². The molecule has 0 radical (unpaired) electrons. The maximum atomic E-state index is 4.14. The Hall–Kier alpha value is -1.77. The average molecular weight is 215 g/mol. The van der Waals surface area contributed by atoms with Crippen LogP contribution in [0.1, 0.15) is 16.8 Å². The molecule has 1 aromatic heterocycles. The summed E-state index contributed by atoms with van der Waals surface area (Å²) in [5, 5.41) is 7.55. The summed E-state index contributed by atoms with van der Waals surface area (Å²) in [4.78, 5) is 0. The number of aromatic nitrogens is 2. The minimum atomic E-state index is 0.805. The highest BCUT2D eigenvalue weighted by atomic mass is 15.3. The highest BCUT2D eigenvalue weighted by Gasteiger charge is 1.99. The summed E-state index contributed by atoms with van der Waals surface area (Å²) in [5.74, 6) is 0. The quantitative estimate of drug-likeness (QED) is 0.853. The molecule has 16 heavy (non-hydrogen) atoms. The molecule has 0 saturated heterocycles. The second-order valence-corrected chi connectivity index (χ2v) is 4.18. The zero-order valence-electron chi connectivity index (χ0n) is 9.99. The van der Waals surface area contributed by atoms with E-state index < -0.39 is 0 Å². The molecule has 0 aliphatic heterocycles. The molecule has 0 amide bonds. The van der Waals surface area contributed by atoms with Crippen LogP contribution in [-0.4, -0.2) is 9.78 Å². The lowest BCUT2D eigenvalue weighted by Crippen LogP contribution is -2.05. The number of hydrogen-bond acceptors (Lipinski definition) is 2. The Morgan fingerprint density at radius 3 is 2.44 bits per heavy atom. The zero-order valence-corrected chi connectivity index (χ0v) is 9.99. The van der Waals surface area contributed by atoms with E-state index in [1.165, 1.54) is 22.5 Å². The fraction of sp³-hybridized carbons (Fsp3) is 0.308. The summed E-state index contributed by atoms with van der Waals surface area (Å²) >= 11 is 0. The van der Waals surface area contributed by atoms with Crippen LogP contribution >= 0.6 is 0 Å². The first-order valence-corrected chi connectivity index (χ1v) is 5.44. The molecule has 2 aromatic rings. The number of hydrogen-bond donors (Lipinski definition) is 1. The number of aryl methyl sites for hydroxylation is 3. The number of nitrogens with one attached hydrogen (secondary N) is 1. The molecule has 1 aromatic carbocycles. The van der Waals surface area contributed by atoms with Gasteiger partial charge in [0.25, 0.3) is 0 Å². The summed E-state index contributed by atoms with van der Waals surface area (Å²) < 4.78 is 1.88.